The van der Waals surface area contributed by atoms with Gasteiger partial charge < -0.3 is 25.1 Å². The number of aromatic amines is 1. The van der Waals surface area contributed by atoms with Crippen LogP contribution in [0, 0.1) is 5.92 Å². The minimum atomic E-state index is -1.03. The molecule has 4 N–H and O–H groups in total. The Hall–Kier alpha value is -3.55. The largest absolute Gasteiger partial charge is 0.477 e. The van der Waals surface area contributed by atoms with E-state index in [0.29, 0.717) is 16.8 Å². The van der Waals surface area contributed by atoms with Crippen molar-refractivity contribution >= 4 is 28.7 Å². The smallest absolute Gasteiger partial charge is 0.352 e. The summed E-state index contributed by atoms with van der Waals surface area (Å²) in [5.74, 6) is -0.938. The molecule has 8 nitrogen and oxygen atoms in total. The Labute approximate surface area is 179 Å². The van der Waals surface area contributed by atoms with Crippen LogP contribution in [-0.2, 0) is 4.79 Å². The van der Waals surface area contributed by atoms with Gasteiger partial charge in [-0.05, 0) is 43.0 Å². The fourth-order valence-corrected chi connectivity index (χ4v) is 4.24. The normalized spacial score (nSPS) is 15.5. The van der Waals surface area contributed by atoms with Crippen LogP contribution in [0.15, 0.2) is 40.8 Å². The molecule has 31 heavy (non-hydrogen) atoms. The number of hydrogen-bond acceptors (Lipinski definition) is 4. The highest BCUT2D eigenvalue weighted by molar-refractivity contribution is 5.97. The average Bonchev–Trinajstić information content (AvgIpc) is 3.44. The summed E-state index contributed by atoms with van der Waals surface area (Å²) in [7, 11) is 1.57. The first-order valence-corrected chi connectivity index (χ1v) is 10.4. The van der Waals surface area contributed by atoms with Crippen LogP contribution in [0.2, 0.25) is 0 Å². The maximum absolute atomic E-state index is 12.8. The van der Waals surface area contributed by atoms with Crippen molar-refractivity contribution in [2.24, 2.45) is 5.92 Å². The first-order valence-electron chi connectivity index (χ1n) is 10.4. The van der Waals surface area contributed by atoms with Gasteiger partial charge in [0, 0.05) is 23.5 Å². The number of furan rings is 1. The van der Waals surface area contributed by atoms with E-state index in [1.54, 1.807) is 43.4 Å². The highest BCUT2D eigenvalue weighted by Crippen LogP contribution is 2.28. The van der Waals surface area contributed by atoms with E-state index in [0.717, 1.165) is 37.5 Å². The number of aromatic nitrogens is 1. The van der Waals surface area contributed by atoms with E-state index < -0.39 is 17.9 Å². The second kappa shape index (κ2) is 8.67. The molecular weight excluding hydrogens is 398 g/mol. The van der Waals surface area contributed by atoms with Crippen LogP contribution in [0.5, 0.6) is 0 Å². The van der Waals surface area contributed by atoms with Gasteiger partial charge in [-0.3, -0.25) is 9.59 Å². The molecule has 0 spiro atoms. The third kappa shape index (κ3) is 4.33. The van der Waals surface area contributed by atoms with Crippen LogP contribution < -0.4 is 10.6 Å². The van der Waals surface area contributed by atoms with Crippen molar-refractivity contribution in [1.29, 1.82) is 0 Å². The monoisotopic (exact) mass is 423 g/mol. The maximum Gasteiger partial charge on any atom is 0.352 e. The number of carbonyl (C=O) groups is 3. The zero-order valence-corrected chi connectivity index (χ0v) is 17.2. The Bertz CT molecular complexity index is 1120. The number of amides is 2. The predicted molar refractivity (Wildman–Crippen MR) is 115 cm³/mol. The van der Waals surface area contributed by atoms with Crippen molar-refractivity contribution in [2.45, 2.75) is 38.1 Å². The lowest BCUT2D eigenvalue weighted by atomic mass is 9.83. The molecule has 8 heteroatoms. The number of carbonyl (C=O) groups excluding carboxylic acids is 2. The summed E-state index contributed by atoms with van der Waals surface area (Å²) in [5.41, 5.74) is 1.48. The summed E-state index contributed by atoms with van der Waals surface area (Å²) in [4.78, 5) is 39.2. The first kappa shape index (κ1) is 20.7. The minimum Gasteiger partial charge on any atom is -0.477 e. The van der Waals surface area contributed by atoms with Gasteiger partial charge in [0.2, 0.25) is 5.91 Å². The van der Waals surface area contributed by atoms with Crippen LogP contribution in [0.3, 0.4) is 0 Å². The molecule has 2 heterocycles. The molecule has 1 fully saturated rings. The highest BCUT2D eigenvalue weighted by Gasteiger charge is 2.31. The molecule has 3 aromatic rings. The lowest BCUT2D eigenvalue weighted by Gasteiger charge is -2.29. The molecule has 0 aliphatic heterocycles. The van der Waals surface area contributed by atoms with Gasteiger partial charge in [-0.1, -0.05) is 31.4 Å². The first-order chi connectivity index (χ1) is 15.0. The summed E-state index contributed by atoms with van der Waals surface area (Å²) in [6.07, 6.45) is 5.10. The van der Waals surface area contributed by atoms with E-state index in [1.807, 2.05) is 0 Å². The Morgan fingerprint density at radius 2 is 1.87 bits per heavy atom. The molecule has 162 valence electrons. The van der Waals surface area contributed by atoms with Gasteiger partial charge in [0.15, 0.2) is 5.76 Å². The van der Waals surface area contributed by atoms with Gasteiger partial charge in [-0.25, -0.2) is 4.79 Å². The SMILES string of the molecule is CNC(=O)C(NC(=O)c1ccc(-c2ccc3cc(C(=O)O)[nH]c3c2)o1)C1CCCCC1. The van der Waals surface area contributed by atoms with Crippen molar-refractivity contribution in [3.8, 4) is 11.3 Å². The van der Waals surface area contributed by atoms with Crippen molar-refractivity contribution in [3.63, 3.8) is 0 Å². The molecule has 1 aromatic carbocycles. The number of carboxylic acids is 1. The van der Waals surface area contributed by atoms with E-state index in [9.17, 15) is 14.4 Å². The second-order valence-electron chi connectivity index (χ2n) is 7.92. The zero-order valence-electron chi connectivity index (χ0n) is 17.2. The summed E-state index contributed by atoms with van der Waals surface area (Å²) in [5, 5.41) is 15.4. The van der Waals surface area contributed by atoms with Gasteiger partial charge in [-0.2, -0.15) is 0 Å². The molecule has 1 saturated carbocycles. The molecule has 1 atom stereocenters. The van der Waals surface area contributed by atoms with Gasteiger partial charge in [0.1, 0.15) is 17.5 Å². The molecule has 1 unspecified atom stereocenters. The molecule has 0 bridgehead atoms. The van der Waals surface area contributed by atoms with Crippen LogP contribution in [-0.4, -0.2) is 41.0 Å². The minimum absolute atomic E-state index is 0.106. The predicted octanol–water partition coefficient (Wildman–Crippen LogP) is 3.55. The van der Waals surface area contributed by atoms with Crippen LogP contribution in [0.1, 0.15) is 53.1 Å². The summed E-state index contributed by atoms with van der Waals surface area (Å²) < 4.78 is 5.76. The Balaban J connectivity index is 1.53. The number of fused-ring (bicyclic) bond motifs is 1. The van der Waals surface area contributed by atoms with Crippen molar-refractivity contribution in [2.75, 3.05) is 7.05 Å². The molecule has 2 amide bonds. The van der Waals surface area contributed by atoms with E-state index >= 15 is 0 Å². The van der Waals surface area contributed by atoms with Crippen molar-refractivity contribution < 1.29 is 23.9 Å². The molecule has 0 radical (unpaired) electrons. The van der Waals surface area contributed by atoms with Gasteiger partial charge in [0.25, 0.3) is 5.91 Å². The molecule has 1 aliphatic carbocycles. The molecule has 4 rings (SSSR count). The number of likely N-dealkylation sites (N-methyl/N-ethyl adjacent to an activating group) is 1. The molecular formula is C23H25N3O5. The third-order valence-electron chi connectivity index (χ3n) is 5.90. The second-order valence-corrected chi connectivity index (χ2v) is 7.92. The quantitative estimate of drug-likeness (QED) is 0.483. The maximum atomic E-state index is 12.8. The van der Waals surface area contributed by atoms with Gasteiger partial charge in [-0.15, -0.1) is 0 Å². The average molecular weight is 423 g/mol. The fourth-order valence-electron chi connectivity index (χ4n) is 4.24. The Kier molecular flexibility index (Phi) is 5.79. The number of hydrogen-bond donors (Lipinski definition) is 4. The van der Waals surface area contributed by atoms with Crippen LogP contribution in [0.4, 0.5) is 0 Å². The number of benzene rings is 1. The van der Waals surface area contributed by atoms with Crippen LogP contribution in [0.25, 0.3) is 22.2 Å². The fraction of sp³-hybridized carbons (Fsp3) is 0.348. The Morgan fingerprint density at radius 1 is 1.10 bits per heavy atom. The molecule has 1 aliphatic rings. The third-order valence-corrected chi connectivity index (χ3v) is 5.90. The van der Waals surface area contributed by atoms with Crippen molar-refractivity contribution in [3.05, 3.63) is 47.9 Å². The summed E-state index contributed by atoms with van der Waals surface area (Å²) >= 11 is 0. The lowest BCUT2D eigenvalue weighted by molar-refractivity contribution is -0.124. The topological polar surface area (TPSA) is 124 Å². The van der Waals surface area contributed by atoms with E-state index in [1.165, 1.54) is 0 Å². The van der Waals surface area contributed by atoms with Crippen molar-refractivity contribution in [1.82, 2.24) is 15.6 Å². The van der Waals surface area contributed by atoms with E-state index in [4.69, 9.17) is 9.52 Å². The number of H-pyrrole nitrogens is 1. The molecule has 0 saturated heterocycles. The highest BCUT2D eigenvalue weighted by atomic mass is 16.4. The number of nitrogens with one attached hydrogen (secondary N) is 3. The van der Waals surface area contributed by atoms with Crippen LogP contribution >= 0.6 is 0 Å². The number of rotatable bonds is 6. The van der Waals surface area contributed by atoms with Gasteiger partial charge >= 0.3 is 5.97 Å². The van der Waals surface area contributed by atoms with E-state index in [2.05, 4.69) is 15.6 Å². The molecule has 2 aromatic heterocycles. The summed E-state index contributed by atoms with van der Waals surface area (Å²) in [6.45, 7) is 0. The lowest BCUT2D eigenvalue weighted by Crippen LogP contribution is -2.50. The number of carboxylic acid groups (broad SMARTS) is 1. The standard InChI is InChI=1S/C23H25N3O5/c1-24-22(28)20(13-5-3-2-4-6-13)26-21(27)19-10-9-18(31-19)15-8-7-14-11-17(23(29)30)25-16(14)12-15/h7-13,20,25H,2-6H2,1H3,(H,24,28)(H,26,27)(H,29,30). The zero-order chi connectivity index (χ0) is 22.0. The number of aromatic carboxylic acids is 1. The summed E-state index contributed by atoms with van der Waals surface area (Å²) in [6, 6.07) is 9.61. The Morgan fingerprint density at radius 3 is 2.58 bits per heavy atom. The van der Waals surface area contributed by atoms with Gasteiger partial charge in [0.05, 0.1) is 0 Å². The van der Waals surface area contributed by atoms with E-state index in [-0.39, 0.29) is 23.3 Å².